The van der Waals surface area contributed by atoms with Gasteiger partial charge in [0.15, 0.2) is 6.10 Å². The maximum atomic E-state index is 13.8. The number of aliphatic hydroxyl groups is 1. The number of carbonyl (C=O) groups is 3. The first kappa shape index (κ1) is 33.7. The van der Waals surface area contributed by atoms with Crippen LogP contribution in [0.25, 0.3) is 0 Å². The molecule has 3 unspecified atom stereocenters. The zero-order valence-corrected chi connectivity index (χ0v) is 25.6. The van der Waals surface area contributed by atoms with Crippen molar-refractivity contribution in [3.8, 4) is 11.5 Å². The number of amides is 3. The Kier molecular flexibility index (Phi) is 10.3. The van der Waals surface area contributed by atoms with E-state index in [0.29, 0.717) is 11.1 Å². The van der Waals surface area contributed by atoms with Crippen molar-refractivity contribution in [2.75, 3.05) is 5.88 Å². The summed E-state index contributed by atoms with van der Waals surface area (Å²) in [6, 6.07) is 16.4. The van der Waals surface area contributed by atoms with Crippen LogP contribution in [-0.4, -0.2) is 68.0 Å². The number of halogens is 3. The van der Waals surface area contributed by atoms with E-state index in [1.165, 1.54) is 47.0 Å². The van der Waals surface area contributed by atoms with Crippen molar-refractivity contribution in [2.24, 2.45) is 0 Å². The van der Waals surface area contributed by atoms with E-state index < -0.39 is 52.8 Å². The van der Waals surface area contributed by atoms with E-state index in [2.05, 4.69) is 15.4 Å². The number of hydrogen-bond acceptors (Lipinski definition) is 7. The Hall–Kier alpha value is -4.23. The number of nitrogens with zero attached hydrogens (tertiary/aromatic N) is 1. The maximum Gasteiger partial charge on any atom is 0.573 e. The molecule has 0 spiro atoms. The average Bonchev–Trinajstić information content (AvgIpc) is 3.31. The predicted octanol–water partition coefficient (Wildman–Crippen LogP) is 4.30. The van der Waals surface area contributed by atoms with Gasteiger partial charge in [0.05, 0.1) is 11.9 Å². The van der Waals surface area contributed by atoms with Crippen molar-refractivity contribution in [1.29, 1.82) is 0 Å². The summed E-state index contributed by atoms with van der Waals surface area (Å²) in [7, 11) is 0. The van der Waals surface area contributed by atoms with Gasteiger partial charge >= 0.3 is 6.36 Å². The van der Waals surface area contributed by atoms with Crippen LogP contribution in [0.4, 0.5) is 13.2 Å². The summed E-state index contributed by atoms with van der Waals surface area (Å²) in [6.07, 6.45) is -6.45. The fourth-order valence-electron chi connectivity index (χ4n) is 5.07. The van der Waals surface area contributed by atoms with Gasteiger partial charge in [0, 0.05) is 22.4 Å². The van der Waals surface area contributed by atoms with Crippen LogP contribution in [0.15, 0.2) is 72.8 Å². The summed E-state index contributed by atoms with van der Waals surface area (Å²) in [4.78, 5) is 41.8. The van der Waals surface area contributed by atoms with E-state index in [4.69, 9.17) is 0 Å². The molecule has 0 bridgehead atoms. The van der Waals surface area contributed by atoms with E-state index in [0.717, 1.165) is 17.7 Å². The molecule has 45 heavy (non-hydrogen) atoms. The SMILES string of the molecule is Cc1c(O)cccc1C(=O)NC(Cc1ccccc1)C(O)C(=O)N1CSC(C)(C)C1C(=O)NCc1ccc(OC(F)(F)F)cc1. The third kappa shape index (κ3) is 8.49. The molecule has 4 rings (SSSR count). The Bertz CT molecular complexity index is 1520. The summed E-state index contributed by atoms with van der Waals surface area (Å²) < 4.78 is 40.5. The highest BCUT2D eigenvalue weighted by molar-refractivity contribution is 8.00. The lowest BCUT2D eigenvalue weighted by molar-refractivity contribution is -0.274. The quantitative estimate of drug-likeness (QED) is 0.259. The Balaban J connectivity index is 1.51. The monoisotopic (exact) mass is 645 g/mol. The van der Waals surface area contributed by atoms with E-state index in [9.17, 15) is 37.8 Å². The van der Waals surface area contributed by atoms with Crippen LogP contribution in [-0.2, 0) is 22.6 Å². The molecule has 1 heterocycles. The summed E-state index contributed by atoms with van der Waals surface area (Å²) in [6.45, 7) is 5.13. The molecule has 0 aromatic heterocycles. The Morgan fingerprint density at radius 2 is 1.69 bits per heavy atom. The Morgan fingerprint density at radius 3 is 2.33 bits per heavy atom. The minimum atomic E-state index is -4.83. The molecule has 0 radical (unpaired) electrons. The van der Waals surface area contributed by atoms with Crippen LogP contribution < -0.4 is 15.4 Å². The minimum absolute atomic E-state index is 0.0249. The molecule has 1 saturated heterocycles. The van der Waals surface area contributed by atoms with E-state index in [1.54, 1.807) is 45.0 Å². The molecule has 4 N–H and O–H groups in total. The average molecular weight is 646 g/mol. The summed E-state index contributed by atoms with van der Waals surface area (Å²) in [5, 5.41) is 27.0. The molecule has 3 aromatic carbocycles. The third-order valence-corrected chi connectivity index (χ3v) is 8.87. The van der Waals surface area contributed by atoms with Crippen LogP contribution >= 0.6 is 11.8 Å². The molecule has 13 heteroatoms. The summed E-state index contributed by atoms with van der Waals surface area (Å²) >= 11 is 1.34. The maximum absolute atomic E-state index is 13.8. The first-order valence-electron chi connectivity index (χ1n) is 14.0. The molecule has 0 saturated carbocycles. The lowest BCUT2D eigenvalue weighted by Gasteiger charge is -2.33. The van der Waals surface area contributed by atoms with Gasteiger partial charge in [0.25, 0.3) is 11.8 Å². The fraction of sp³-hybridized carbons (Fsp3) is 0.344. The molecule has 0 aliphatic carbocycles. The topological polar surface area (TPSA) is 128 Å². The molecule has 1 aliphatic rings. The number of phenols is 1. The Morgan fingerprint density at radius 1 is 1.02 bits per heavy atom. The standard InChI is InChI=1S/C32H34F3N3O6S/c1-19-23(10-7-11-25(19)39)28(41)37-24(16-20-8-5-4-6-9-20)26(40)30(43)38-18-45-31(2,3)27(38)29(42)36-17-21-12-14-22(15-13-21)44-32(33,34)35/h4-15,24,26-27,39-40H,16-18H2,1-3H3,(H,36,42)(H,37,41). The molecule has 3 atom stereocenters. The van der Waals surface area contributed by atoms with Gasteiger partial charge in [-0.05, 0) is 62.6 Å². The highest BCUT2D eigenvalue weighted by Gasteiger charge is 2.49. The number of carbonyl (C=O) groups excluding carboxylic acids is 3. The van der Waals surface area contributed by atoms with Gasteiger partial charge in [-0.25, -0.2) is 0 Å². The van der Waals surface area contributed by atoms with Gasteiger partial charge in [-0.1, -0.05) is 48.5 Å². The minimum Gasteiger partial charge on any atom is -0.508 e. The zero-order valence-electron chi connectivity index (χ0n) is 24.8. The second-order valence-electron chi connectivity index (χ2n) is 11.2. The van der Waals surface area contributed by atoms with Gasteiger partial charge in [0.1, 0.15) is 17.5 Å². The highest BCUT2D eigenvalue weighted by Crippen LogP contribution is 2.40. The molecule has 9 nitrogen and oxygen atoms in total. The van der Waals surface area contributed by atoms with Crippen LogP contribution in [0.3, 0.4) is 0 Å². The highest BCUT2D eigenvalue weighted by atomic mass is 32.2. The molecular formula is C32H34F3N3O6S. The smallest absolute Gasteiger partial charge is 0.508 e. The summed E-state index contributed by atoms with van der Waals surface area (Å²) in [5.41, 5.74) is 1.78. The number of benzene rings is 3. The molecule has 3 aromatic rings. The third-order valence-electron chi connectivity index (χ3n) is 7.50. The number of rotatable bonds is 10. The second-order valence-corrected chi connectivity index (χ2v) is 12.8. The number of hydrogen-bond donors (Lipinski definition) is 4. The van der Waals surface area contributed by atoms with Gasteiger partial charge < -0.3 is 30.5 Å². The van der Waals surface area contributed by atoms with Gasteiger partial charge in [-0.15, -0.1) is 24.9 Å². The van der Waals surface area contributed by atoms with Crippen molar-refractivity contribution in [1.82, 2.24) is 15.5 Å². The van der Waals surface area contributed by atoms with Crippen molar-refractivity contribution < 1.29 is 42.5 Å². The first-order chi connectivity index (χ1) is 21.2. The van der Waals surface area contributed by atoms with Crippen molar-refractivity contribution >= 4 is 29.5 Å². The van der Waals surface area contributed by atoms with Crippen LogP contribution in [0, 0.1) is 6.92 Å². The largest absolute Gasteiger partial charge is 0.573 e. The first-order valence-corrected chi connectivity index (χ1v) is 15.0. The molecule has 3 amide bonds. The second kappa shape index (κ2) is 13.8. The molecule has 1 fully saturated rings. The summed E-state index contributed by atoms with van der Waals surface area (Å²) in [5.74, 6) is -2.23. The zero-order chi connectivity index (χ0) is 32.9. The number of aliphatic hydroxyl groups excluding tert-OH is 1. The number of aromatic hydroxyl groups is 1. The van der Waals surface area contributed by atoms with Gasteiger partial charge in [-0.3, -0.25) is 14.4 Å². The van der Waals surface area contributed by atoms with Gasteiger partial charge in [-0.2, -0.15) is 0 Å². The Labute approximate surface area is 262 Å². The van der Waals surface area contributed by atoms with Crippen LogP contribution in [0.5, 0.6) is 11.5 Å². The number of phenolic OH excluding ortho intramolecular Hbond substituents is 1. The van der Waals surface area contributed by atoms with Crippen molar-refractivity contribution in [3.63, 3.8) is 0 Å². The van der Waals surface area contributed by atoms with E-state index >= 15 is 0 Å². The lowest BCUT2D eigenvalue weighted by Crippen LogP contribution is -2.58. The van der Waals surface area contributed by atoms with E-state index in [-0.39, 0.29) is 30.2 Å². The number of thioether (sulfide) groups is 1. The lowest BCUT2D eigenvalue weighted by atomic mass is 9.96. The van der Waals surface area contributed by atoms with Crippen LogP contribution in [0.2, 0.25) is 0 Å². The number of alkyl halides is 3. The number of ether oxygens (including phenoxy) is 1. The molecular weight excluding hydrogens is 611 g/mol. The van der Waals surface area contributed by atoms with Gasteiger partial charge in [0.2, 0.25) is 5.91 Å². The molecule has 240 valence electrons. The normalized spacial score (nSPS) is 17.3. The van der Waals surface area contributed by atoms with Crippen molar-refractivity contribution in [2.45, 2.75) is 63.0 Å². The van der Waals surface area contributed by atoms with E-state index in [1.807, 2.05) is 6.07 Å². The fourth-order valence-corrected chi connectivity index (χ4v) is 6.22. The molecule has 1 aliphatic heterocycles. The van der Waals surface area contributed by atoms with Crippen LogP contribution in [0.1, 0.15) is 40.9 Å². The van der Waals surface area contributed by atoms with Crippen molar-refractivity contribution in [3.05, 3.63) is 95.1 Å². The predicted molar refractivity (Wildman–Crippen MR) is 162 cm³/mol. The number of nitrogens with one attached hydrogen (secondary N) is 2.